The zero-order valence-corrected chi connectivity index (χ0v) is 18.0. The molecule has 3 heterocycles. The minimum absolute atomic E-state index is 0.565. The molecule has 0 aliphatic carbocycles. The highest BCUT2D eigenvalue weighted by Crippen LogP contribution is 2.27. The smallest absolute Gasteiger partial charge is 0.227 e. The van der Waals surface area contributed by atoms with Gasteiger partial charge < -0.3 is 10.2 Å². The second kappa shape index (κ2) is 9.09. The first-order chi connectivity index (χ1) is 15.8. The molecule has 7 nitrogen and oxygen atoms in total. The maximum atomic E-state index is 4.75. The molecule has 2 N–H and O–H groups in total. The summed E-state index contributed by atoms with van der Waals surface area (Å²) in [4.78, 5) is 16.0. The number of nitrogens with one attached hydrogen (secondary N) is 2. The first-order valence-electron chi connectivity index (χ1n) is 11.1. The number of hydrazine groups is 1. The van der Waals surface area contributed by atoms with E-state index >= 15 is 0 Å². The van der Waals surface area contributed by atoms with Crippen LogP contribution in [0.1, 0.15) is 19.3 Å². The first-order valence-corrected chi connectivity index (χ1v) is 11.1. The van der Waals surface area contributed by atoms with E-state index in [-0.39, 0.29) is 0 Å². The largest absolute Gasteiger partial charge is 0.372 e. The van der Waals surface area contributed by atoms with E-state index in [2.05, 4.69) is 56.5 Å². The lowest BCUT2D eigenvalue weighted by molar-refractivity contribution is 0.578. The van der Waals surface area contributed by atoms with Crippen LogP contribution in [0.4, 0.5) is 23.0 Å². The van der Waals surface area contributed by atoms with E-state index in [1.165, 1.54) is 24.9 Å². The summed E-state index contributed by atoms with van der Waals surface area (Å²) in [5, 5.41) is 5.28. The standard InChI is InChI=1S/C25H27N7/c1-2-24-27-18-32(30-24)21-11-9-20(10-12-21)28-25-26-14-13-23(29-25)19-7-6-8-22(17-19)31-15-4-3-5-16-31/h2,6-14,17H,1,3-5,15-16,18H2,(H,27,30)(H,26,28,29). The number of piperidine rings is 1. The molecule has 0 spiro atoms. The number of amidine groups is 1. The molecule has 0 radical (unpaired) electrons. The zero-order chi connectivity index (χ0) is 21.8. The van der Waals surface area contributed by atoms with Crippen LogP contribution in [0.5, 0.6) is 0 Å². The molecule has 7 heteroatoms. The van der Waals surface area contributed by atoms with Gasteiger partial charge in [-0.2, -0.15) is 0 Å². The summed E-state index contributed by atoms with van der Waals surface area (Å²) in [5.74, 6) is 1.36. The molecule has 1 saturated heterocycles. The summed E-state index contributed by atoms with van der Waals surface area (Å²) in [5.41, 5.74) is 8.44. The molecule has 5 rings (SSSR count). The highest BCUT2D eigenvalue weighted by atomic mass is 15.6. The predicted molar refractivity (Wildman–Crippen MR) is 131 cm³/mol. The summed E-state index contributed by atoms with van der Waals surface area (Å²) >= 11 is 0. The van der Waals surface area contributed by atoms with Crippen LogP contribution in [-0.4, -0.2) is 35.6 Å². The monoisotopic (exact) mass is 425 g/mol. The Morgan fingerprint density at radius 2 is 1.81 bits per heavy atom. The van der Waals surface area contributed by atoms with E-state index in [1.807, 2.05) is 35.3 Å². The number of benzene rings is 2. The molecule has 3 aromatic rings. The first kappa shape index (κ1) is 20.1. The van der Waals surface area contributed by atoms with Crippen molar-refractivity contribution in [1.82, 2.24) is 15.4 Å². The Labute approximate surface area is 188 Å². The SMILES string of the molecule is C=CC1=NCN(c2ccc(Nc3nccc(-c4cccc(N5CCCCC5)c4)n3)cc2)N1. The molecule has 0 amide bonds. The van der Waals surface area contributed by atoms with Gasteiger partial charge in [0.1, 0.15) is 12.5 Å². The van der Waals surface area contributed by atoms with Crippen LogP contribution < -0.4 is 20.7 Å². The molecule has 0 saturated carbocycles. The van der Waals surface area contributed by atoms with Gasteiger partial charge in [0, 0.05) is 36.2 Å². The lowest BCUT2D eigenvalue weighted by Crippen LogP contribution is -2.35. The lowest BCUT2D eigenvalue weighted by Gasteiger charge is -2.29. The highest BCUT2D eigenvalue weighted by Gasteiger charge is 2.14. The Morgan fingerprint density at radius 3 is 2.59 bits per heavy atom. The van der Waals surface area contributed by atoms with Gasteiger partial charge >= 0.3 is 0 Å². The predicted octanol–water partition coefficient (Wildman–Crippen LogP) is 4.74. The maximum Gasteiger partial charge on any atom is 0.227 e. The number of anilines is 4. The molecule has 2 aliphatic heterocycles. The van der Waals surface area contributed by atoms with Crippen molar-refractivity contribution in [2.24, 2.45) is 4.99 Å². The van der Waals surface area contributed by atoms with E-state index in [4.69, 9.17) is 4.98 Å². The number of rotatable bonds is 6. The molecule has 0 atom stereocenters. The van der Waals surface area contributed by atoms with E-state index in [1.54, 1.807) is 12.3 Å². The molecular formula is C25H27N7. The Bertz CT molecular complexity index is 1120. The second-order valence-electron chi connectivity index (χ2n) is 7.96. The Balaban J connectivity index is 1.29. The van der Waals surface area contributed by atoms with Crippen molar-refractivity contribution in [2.45, 2.75) is 19.3 Å². The Kier molecular flexibility index (Phi) is 5.70. The second-order valence-corrected chi connectivity index (χ2v) is 7.96. The van der Waals surface area contributed by atoms with Crippen LogP contribution in [0.2, 0.25) is 0 Å². The third-order valence-electron chi connectivity index (χ3n) is 5.78. The van der Waals surface area contributed by atoms with Crippen molar-refractivity contribution >= 4 is 28.8 Å². The topological polar surface area (TPSA) is 68.7 Å². The van der Waals surface area contributed by atoms with Gasteiger partial charge in [-0.3, -0.25) is 10.4 Å². The maximum absolute atomic E-state index is 4.75. The van der Waals surface area contributed by atoms with Crippen molar-refractivity contribution in [3.8, 4) is 11.3 Å². The van der Waals surface area contributed by atoms with E-state index < -0.39 is 0 Å². The fourth-order valence-corrected chi connectivity index (χ4v) is 4.06. The number of aliphatic imine (C=N–C) groups is 1. The van der Waals surface area contributed by atoms with Crippen molar-refractivity contribution in [1.29, 1.82) is 0 Å². The van der Waals surface area contributed by atoms with Gasteiger partial charge in [-0.15, -0.1) is 0 Å². The summed E-state index contributed by atoms with van der Waals surface area (Å²) in [6, 6.07) is 18.7. The van der Waals surface area contributed by atoms with E-state index in [0.717, 1.165) is 41.6 Å². The van der Waals surface area contributed by atoms with Crippen LogP contribution >= 0.6 is 0 Å². The molecular weight excluding hydrogens is 398 g/mol. The average molecular weight is 426 g/mol. The highest BCUT2D eigenvalue weighted by molar-refractivity contribution is 5.95. The summed E-state index contributed by atoms with van der Waals surface area (Å²) in [6.07, 6.45) is 7.37. The van der Waals surface area contributed by atoms with Crippen LogP contribution in [-0.2, 0) is 0 Å². The number of hydrogen-bond acceptors (Lipinski definition) is 7. The summed E-state index contributed by atoms with van der Waals surface area (Å²) < 4.78 is 0. The molecule has 0 unspecified atom stereocenters. The van der Waals surface area contributed by atoms with Gasteiger partial charge in [-0.05, 0) is 67.8 Å². The summed E-state index contributed by atoms with van der Waals surface area (Å²) in [6.45, 7) is 6.57. The van der Waals surface area contributed by atoms with Crippen molar-refractivity contribution in [3.05, 3.63) is 73.4 Å². The van der Waals surface area contributed by atoms with Crippen molar-refractivity contribution in [2.75, 3.05) is 35.0 Å². The minimum Gasteiger partial charge on any atom is -0.372 e. The summed E-state index contributed by atoms with van der Waals surface area (Å²) in [7, 11) is 0. The molecule has 0 bridgehead atoms. The van der Waals surface area contributed by atoms with Crippen LogP contribution in [0, 0.1) is 0 Å². The van der Waals surface area contributed by atoms with Gasteiger partial charge in [0.15, 0.2) is 0 Å². The van der Waals surface area contributed by atoms with Crippen LogP contribution in [0.15, 0.2) is 78.4 Å². The number of nitrogens with zero attached hydrogens (tertiary/aromatic N) is 5. The van der Waals surface area contributed by atoms with Crippen LogP contribution in [0.3, 0.4) is 0 Å². The van der Waals surface area contributed by atoms with Gasteiger partial charge in [0.05, 0.1) is 11.4 Å². The van der Waals surface area contributed by atoms with Crippen molar-refractivity contribution < 1.29 is 0 Å². The quantitative estimate of drug-likeness (QED) is 0.594. The van der Waals surface area contributed by atoms with Gasteiger partial charge in [0.2, 0.25) is 5.95 Å². The third kappa shape index (κ3) is 4.42. The molecule has 32 heavy (non-hydrogen) atoms. The third-order valence-corrected chi connectivity index (χ3v) is 5.78. The van der Waals surface area contributed by atoms with E-state index in [0.29, 0.717) is 12.6 Å². The molecule has 2 aliphatic rings. The normalized spacial score (nSPS) is 15.8. The van der Waals surface area contributed by atoms with Gasteiger partial charge in [0.25, 0.3) is 0 Å². The molecule has 1 aromatic heterocycles. The molecule has 162 valence electrons. The minimum atomic E-state index is 0.565. The Morgan fingerprint density at radius 1 is 0.969 bits per heavy atom. The van der Waals surface area contributed by atoms with Gasteiger partial charge in [-0.1, -0.05) is 18.7 Å². The molecule has 2 aromatic carbocycles. The average Bonchev–Trinajstić information content (AvgIpc) is 3.35. The Hall–Kier alpha value is -3.87. The zero-order valence-electron chi connectivity index (χ0n) is 18.0. The van der Waals surface area contributed by atoms with E-state index in [9.17, 15) is 0 Å². The number of hydrogen-bond donors (Lipinski definition) is 2. The fraction of sp³-hybridized carbons (Fsp3) is 0.240. The number of aromatic nitrogens is 2. The molecule has 1 fully saturated rings. The van der Waals surface area contributed by atoms with Crippen LogP contribution in [0.25, 0.3) is 11.3 Å². The lowest BCUT2D eigenvalue weighted by atomic mass is 10.1. The van der Waals surface area contributed by atoms with Crippen molar-refractivity contribution in [3.63, 3.8) is 0 Å². The van der Waals surface area contributed by atoms with Gasteiger partial charge in [-0.25, -0.2) is 15.0 Å². The fourth-order valence-electron chi connectivity index (χ4n) is 4.06.